The average molecular weight is 255 g/mol. The summed E-state index contributed by atoms with van der Waals surface area (Å²) in [5.41, 5.74) is 5.82. The van der Waals surface area contributed by atoms with Crippen LogP contribution in [0, 0.1) is 0 Å². The molecule has 1 aliphatic heterocycles. The van der Waals surface area contributed by atoms with Gasteiger partial charge in [-0.15, -0.1) is 0 Å². The predicted octanol–water partition coefficient (Wildman–Crippen LogP) is 3.82. The third kappa shape index (κ3) is 2.43. The number of aromatic nitrogens is 1. The number of fused-ring (bicyclic) bond motifs is 1. The fraction of sp³-hybridized carbons (Fsp3) is 0.438. The van der Waals surface area contributed by atoms with Crippen LogP contribution in [0.15, 0.2) is 36.5 Å². The fourth-order valence-corrected chi connectivity index (χ4v) is 2.97. The molecule has 0 bridgehead atoms. The van der Waals surface area contributed by atoms with Gasteiger partial charge in [0.05, 0.1) is 11.2 Å². The number of para-hydroxylation sites is 1. The minimum absolute atomic E-state index is 0.579. The molecule has 2 aromatic rings. The fourth-order valence-electron chi connectivity index (χ4n) is 2.97. The van der Waals surface area contributed by atoms with E-state index >= 15 is 0 Å². The van der Waals surface area contributed by atoms with E-state index in [1.165, 1.54) is 24.6 Å². The molecule has 1 N–H and O–H groups in total. The number of benzene rings is 1. The van der Waals surface area contributed by atoms with Gasteiger partial charge < -0.3 is 5.43 Å². The molecule has 3 rings (SSSR count). The summed E-state index contributed by atoms with van der Waals surface area (Å²) >= 11 is 0. The van der Waals surface area contributed by atoms with Gasteiger partial charge in [-0.3, -0.25) is 4.98 Å². The molecule has 100 valence electrons. The Hall–Kier alpha value is -1.61. The van der Waals surface area contributed by atoms with E-state index in [0.717, 1.165) is 11.2 Å². The van der Waals surface area contributed by atoms with Crippen LogP contribution in [0.5, 0.6) is 0 Å². The molecule has 0 amide bonds. The molecule has 0 spiro atoms. The first-order chi connectivity index (χ1) is 9.25. The molecule has 19 heavy (non-hydrogen) atoms. The summed E-state index contributed by atoms with van der Waals surface area (Å²) in [5, 5.41) is 3.58. The summed E-state index contributed by atoms with van der Waals surface area (Å²) in [4.78, 5) is 4.41. The van der Waals surface area contributed by atoms with Gasteiger partial charge in [0.1, 0.15) is 0 Å². The molecular weight excluding hydrogens is 234 g/mol. The Kier molecular flexibility index (Phi) is 3.38. The quantitative estimate of drug-likeness (QED) is 0.884. The molecule has 0 saturated carbocycles. The Balaban J connectivity index is 1.92. The lowest BCUT2D eigenvalue weighted by Gasteiger charge is -2.39. The number of rotatable bonds is 2. The summed E-state index contributed by atoms with van der Waals surface area (Å²) < 4.78 is 0. The Bertz CT molecular complexity index is 551. The molecule has 1 saturated heterocycles. The van der Waals surface area contributed by atoms with Crippen LogP contribution in [0.1, 0.15) is 33.1 Å². The zero-order valence-corrected chi connectivity index (χ0v) is 11.6. The lowest BCUT2D eigenvalue weighted by Crippen LogP contribution is -2.47. The maximum atomic E-state index is 4.41. The Morgan fingerprint density at radius 1 is 1.11 bits per heavy atom. The van der Waals surface area contributed by atoms with Crippen LogP contribution in [0.3, 0.4) is 0 Å². The first-order valence-electron chi connectivity index (χ1n) is 7.14. The van der Waals surface area contributed by atoms with Crippen molar-refractivity contribution in [2.45, 2.75) is 45.2 Å². The molecule has 3 nitrogen and oxygen atoms in total. The summed E-state index contributed by atoms with van der Waals surface area (Å²) in [5.74, 6) is 0. The van der Waals surface area contributed by atoms with Gasteiger partial charge in [0, 0.05) is 23.7 Å². The third-order valence-electron chi connectivity index (χ3n) is 4.09. The van der Waals surface area contributed by atoms with Gasteiger partial charge in [-0.05, 0) is 38.8 Å². The van der Waals surface area contributed by atoms with Crippen molar-refractivity contribution < 1.29 is 0 Å². The molecule has 3 heteroatoms. The second kappa shape index (κ2) is 5.17. The van der Waals surface area contributed by atoms with Crippen molar-refractivity contribution in [1.29, 1.82) is 0 Å². The van der Waals surface area contributed by atoms with Gasteiger partial charge in [-0.25, -0.2) is 5.01 Å². The maximum Gasteiger partial charge on any atom is 0.0723 e. The number of piperidine rings is 1. The van der Waals surface area contributed by atoms with Gasteiger partial charge in [-0.1, -0.05) is 24.6 Å². The van der Waals surface area contributed by atoms with Crippen molar-refractivity contribution in [3.8, 4) is 0 Å². The summed E-state index contributed by atoms with van der Waals surface area (Å²) in [6.45, 7) is 4.60. The lowest BCUT2D eigenvalue weighted by atomic mass is 10.00. The van der Waals surface area contributed by atoms with Crippen molar-refractivity contribution in [1.82, 2.24) is 9.99 Å². The molecule has 2 atom stereocenters. The van der Waals surface area contributed by atoms with E-state index < -0.39 is 0 Å². The minimum Gasteiger partial charge on any atom is -0.318 e. The number of hydrogen-bond donors (Lipinski definition) is 1. The van der Waals surface area contributed by atoms with E-state index in [-0.39, 0.29) is 0 Å². The number of pyridine rings is 1. The summed E-state index contributed by atoms with van der Waals surface area (Å²) in [6, 6.07) is 11.5. The van der Waals surface area contributed by atoms with Gasteiger partial charge in [0.2, 0.25) is 0 Å². The summed E-state index contributed by atoms with van der Waals surface area (Å²) in [7, 11) is 0. The Labute approximate surface area is 114 Å². The Morgan fingerprint density at radius 3 is 2.63 bits per heavy atom. The van der Waals surface area contributed by atoms with E-state index in [9.17, 15) is 0 Å². The normalized spacial score (nSPS) is 24.5. The zero-order chi connectivity index (χ0) is 13.2. The largest absolute Gasteiger partial charge is 0.318 e. The van der Waals surface area contributed by atoms with E-state index in [4.69, 9.17) is 0 Å². The van der Waals surface area contributed by atoms with Crippen LogP contribution in [-0.4, -0.2) is 22.1 Å². The highest BCUT2D eigenvalue weighted by molar-refractivity contribution is 5.90. The molecule has 1 aromatic carbocycles. The van der Waals surface area contributed by atoms with Crippen LogP contribution < -0.4 is 5.43 Å². The van der Waals surface area contributed by atoms with Gasteiger partial charge >= 0.3 is 0 Å². The number of hydrazine groups is 1. The average Bonchev–Trinajstić information content (AvgIpc) is 2.43. The number of nitrogens with zero attached hydrogens (tertiary/aromatic N) is 2. The summed E-state index contributed by atoms with van der Waals surface area (Å²) in [6.07, 6.45) is 5.74. The van der Waals surface area contributed by atoms with Gasteiger partial charge in [-0.2, -0.15) is 0 Å². The molecule has 1 aliphatic rings. The van der Waals surface area contributed by atoms with Crippen LogP contribution in [-0.2, 0) is 0 Å². The van der Waals surface area contributed by atoms with Gasteiger partial charge in [0.15, 0.2) is 0 Å². The predicted molar refractivity (Wildman–Crippen MR) is 80.0 cm³/mol. The molecule has 0 aliphatic carbocycles. The monoisotopic (exact) mass is 255 g/mol. The van der Waals surface area contributed by atoms with Crippen molar-refractivity contribution in [3.05, 3.63) is 36.5 Å². The molecule has 1 aromatic heterocycles. The smallest absolute Gasteiger partial charge is 0.0723 e. The molecule has 0 radical (unpaired) electrons. The van der Waals surface area contributed by atoms with Crippen molar-refractivity contribution in [3.63, 3.8) is 0 Å². The number of anilines is 1. The molecule has 2 unspecified atom stereocenters. The molecular formula is C16H21N3. The van der Waals surface area contributed by atoms with Crippen LogP contribution in [0.4, 0.5) is 5.69 Å². The zero-order valence-electron chi connectivity index (χ0n) is 11.6. The lowest BCUT2D eigenvalue weighted by molar-refractivity contribution is 0.136. The van der Waals surface area contributed by atoms with Crippen LogP contribution in [0.25, 0.3) is 10.9 Å². The van der Waals surface area contributed by atoms with E-state index in [0.29, 0.717) is 12.1 Å². The SMILES string of the molecule is CC1CCCC(C)N1Nc1ccnc2ccccc12. The number of nitrogens with one attached hydrogen (secondary N) is 1. The van der Waals surface area contributed by atoms with Crippen molar-refractivity contribution in [2.75, 3.05) is 5.43 Å². The van der Waals surface area contributed by atoms with Crippen molar-refractivity contribution in [2.24, 2.45) is 0 Å². The van der Waals surface area contributed by atoms with E-state index in [2.05, 4.69) is 53.5 Å². The highest BCUT2D eigenvalue weighted by atomic mass is 15.5. The van der Waals surface area contributed by atoms with Crippen LogP contribution in [0.2, 0.25) is 0 Å². The molecule has 2 heterocycles. The van der Waals surface area contributed by atoms with Crippen LogP contribution >= 0.6 is 0 Å². The second-order valence-electron chi connectivity index (χ2n) is 5.52. The standard InChI is InChI=1S/C16H21N3/c1-12-6-5-7-13(2)19(12)18-16-10-11-17-15-9-4-3-8-14(15)16/h3-4,8-13H,5-7H2,1-2H3,(H,17,18). The highest BCUT2D eigenvalue weighted by Gasteiger charge is 2.24. The Morgan fingerprint density at radius 2 is 1.84 bits per heavy atom. The first-order valence-corrected chi connectivity index (χ1v) is 7.14. The second-order valence-corrected chi connectivity index (χ2v) is 5.52. The topological polar surface area (TPSA) is 28.2 Å². The number of hydrogen-bond acceptors (Lipinski definition) is 3. The van der Waals surface area contributed by atoms with Gasteiger partial charge in [0.25, 0.3) is 0 Å². The first kappa shape index (κ1) is 12.4. The molecule has 1 fully saturated rings. The third-order valence-corrected chi connectivity index (χ3v) is 4.09. The highest BCUT2D eigenvalue weighted by Crippen LogP contribution is 2.26. The van der Waals surface area contributed by atoms with E-state index in [1.807, 2.05) is 12.3 Å². The maximum absolute atomic E-state index is 4.41. The minimum atomic E-state index is 0.579. The van der Waals surface area contributed by atoms with Crippen molar-refractivity contribution >= 4 is 16.6 Å². The van der Waals surface area contributed by atoms with E-state index in [1.54, 1.807) is 0 Å².